The Morgan fingerprint density at radius 1 is 1.33 bits per heavy atom. The normalized spacial score (nSPS) is 32.7. The Kier molecular flexibility index (Phi) is 3.26. The number of carbonyl (C=O) groups excluding carboxylic acids is 1. The lowest BCUT2D eigenvalue weighted by molar-refractivity contribution is -0.204. The molecule has 1 amide bonds. The minimum Gasteiger partial charge on any atom is -0.303 e. The molecule has 2 fully saturated rings. The molecule has 2 aliphatic rings. The van der Waals surface area contributed by atoms with Gasteiger partial charge in [-0.2, -0.15) is 0 Å². The molecule has 0 radical (unpaired) electrons. The van der Waals surface area contributed by atoms with Crippen molar-refractivity contribution in [1.29, 1.82) is 0 Å². The molecule has 0 aromatic rings. The molecule has 2 heterocycles. The Labute approximate surface area is 90.9 Å². The van der Waals surface area contributed by atoms with Gasteiger partial charge in [0.05, 0.1) is 12.1 Å². The lowest BCUT2D eigenvalue weighted by atomic mass is 9.90. The topological polar surface area (TPSA) is 41.6 Å². The number of piperidine rings is 1. The Balaban J connectivity index is 1.98. The van der Waals surface area contributed by atoms with Crippen molar-refractivity contribution in [1.82, 2.24) is 10.4 Å². The molecule has 15 heavy (non-hydrogen) atoms. The van der Waals surface area contributed by atoms with Gasteiger partial charge in [-0.15, -0.1) is 0 Å². The molecule has 1 atom stereocenters. The second-order valence-corrected chi connectivity index (χ2v) is 4.66. The first kappa shape index (κ1) is 10.9. The maximum absolute atomic E-state index is 12.2. The van der Waals surface area contributed by atoms with Crippen LogP contribution in [0.25, 0.3) is 0 Å². The Hall–Kier alpha value is -0.610. The van der Waals surface area contributed by atoms with Crippen LogP contribution >= 0.6 is 0 Å². The monoisotopic (exact) mass is 212 g/mol. The average Bonchev–Trinajstić information content (AvgIpc) is 2.30. The van der Waals surface area contributed by atoms with E-state index in [1.165, 1.54) is 6.42 Å². The second kappa shape index (κ2) is 4.49. The molecule has 86 valence electrons. The number of hydrogen-bond acceptors (Lipinski definition) is 3. The summed E-state index contributed by atoms with van der Waals surface area (Å²) in [4.78, 5) is 17.6. The Bertz CT molecular complexity index is 231. The molecule has 1 N–H and O–H groups in total. The van der Waals surface area contributed by atoms with Crippen molar-refractivity contribution in [2.24, 2.45) is 0 Å². The van der Waals surface area contributed by atoms with Gasteiger partial charge in [-0.05, 0) is 45.6 Å². The van der Waals surface area contributed by atoms with Gasteiger partial charge >= 0.3 is 0 Å². The van der Waals surface area contributed by atoms with E-state index in [4.69, 9.17) is 4.84 Å². The molecular formula is C11H20N2O2. The highest BCUT2D eigenvalue weighted by atomic mass is 16.7. The van der Waals surface area contributed by atoms with Crippen LogP contribution in [0.15, 0.2) is 0 Å². The fourth-order valence-corrected chi connectivity index (χ4v) is 2.27. The van der Waals surface area contributed by atoms with Crippen molar-refractivity contribution < 1.29 is 9.63 Å². The zero-order valence-corrected chi connectivity index (χ0v) is 9.42. The number of hydrogen-bond donors (Lipinski definition) is 1. The molecule has 0 aromatic carbocycles. The van der Waals surface area contributed by atoms with Gasteiger partial charge in [0.1, 0.15) is 0 Å². The highest BCUT2D eigenvalue weighted by Crippen LogP contribution is 2.22. The van der Waals surface area contributed by atoms with E-state index < -0.39 is 5.54 Å². The number of carbonyl (C=O) groups is 1. The molecule has 0 aromatic heterocycles. The average molecular weight is 212 g/mol. The maximum atomic E-state index is 12.2. The molecule has 0 saturated carbocycles. The number of amides is 1. The van der Waals surface area contributed by atoms with Crippen molar-refractivity contribution >= 4 is 5.91 Å². The number of nitrogens with zero attached hydrogens (tertiary/aromatic N) is 1. The van der Waals surface area contributed by atoms with Gasteiger partial charge in [-0.25, -0.2) is 5.06 Å². The molecule has 0 bridgehead atoms. The Morgan fingerprint density at radius 2 is 2.20 bits per heavy atom. The molecule has 0 spiro atoms. The summed E-state index contributed by atoms with van der Waals surface area (Å²) in [7, 11) is 0. The summed E-state index contributed by atoms with van der Waals surface area (Å²) in [5.41, 5.74) is -0.393. The first-order chi connectivity index (χ1) is 7.22. The lowest BCUT2D eigenvalue weighted by Gasteiger charge is -2.38. The molecule has 0 aliphatic carbocycles. The molecule has 2 aliphatic heterocycles. The molecule has 2 rings (SSSR count). The summed E-state index contributed by atoms with van der Waals surface area (Å²) in [6.45, 7) is 4.36. The molecule has 4 heteroatoms. The van der Waals surface area contributed by atoms with Crippen molar-refractivity contribution in [3.8, 4) is 0 Å². The van der Waals surface area contributed by atoms with Crippen molar-refractivity contribution in [3.05, 3.63) is 0 Å². The summed E-state index contributed by atoms with van der Waals surface area (Å²) in [5.74, 6) is 0.113. The zero-order valence-electron chi connectivity index (χ0n) is 9.42. The van der Waals surface area contributed by atoms with Crippen LogP contribution in [0.2, 0.25) is 0 Å². The van der Waals surface area contributed by atoms with Crippen LogP contribution in [0.5, 0.6) is 0 Å². The van der Waals surface area contributed by atoms with E-state index in [1.54, 1.807) is 5.06 Å². The van der Waals surface area contributed by atoms with E-state index in [-0.39, 0.29) is 5.91 Å². The van der Waals surface area contributed by atoms with E-state index in [0.717, 1.165) is 38.8 Å². The summed E-state index contributed by atoms with van der Waals surface area (Å²) in [6.07, 6.45) is 5.34. The molecule has 1 unspecified atom stereocenters. The van der Waals surface area contributed by atoms with Gasteiger partial charge in [-0.1, -0.05) is 0 Å². The van der Waals surface area contributed by atoms with Crippen molar-refractivity contribution in [3.63, 3.8) is 0 Å². The van der Waals surface area contributed by atoms with Gasteiger partial charge < -0.3 is 5.32 Å². The lowest BCUT2D eigenvalue weighted by Crippen LogP contribution is -2.58. The van der Waals surface area contributed by atoms with Gasteiger partial charge in [0, 0.05) is 6.54 Å². The molecule has 4 nitrogen and oxygen atoms in total. The zero-order chi connectivity index (χ0) is 10.7. The first-order valence-corrected chi connectivity index (χ1v) is 5.92. The van der Waals surface area contributed by atoms with Crippen LogP contribution in [0.1, 0.15) is 39.0 Å². The third-order valence-corrected chi connectivity index (χ3v) is 3.32. The van der Waals surface area contributed by atoms with Crippen LogP contribution in [0.3, 0.4) is 0 Å². The van der Waals surface area contributed by atoms with E-state index >= 15 is 0 Å². The number of rotatable bonds is 1. The third kappa shape index (κ3) is 2.32. The highest BCUT2D eigenvalue weighted by molar-refractivity contribution is 5.85. The largest absolute Gasteiger partial charge is 0.303 e. The Morgan fingerprint density at radius 3 is 2.80 bits per heavy atom. The predicted molar refractivity (Wildman–Crippen MR) is 57.2 cm³/mol. The SMILES string of the molecule is CC1(C(=O)N2CCCCO2)CCCCN1. The highest BCUT2D eigenvalue weighted by Gasteiger charge is 2.38. The maximum Gasteiger partial charge on any atom is 0.266 e. The van der Waals surface area contributed by atoms with Crippen LogP contribution in [0, 0.1) is 0 Å². The van der Waals surface area contributed by atoms with Gasteiger partial charge in [0.25, 0.3) is 5.91 Å². The standard InChI is InChI=1S/C11H20N2O2/c1-11(6-2-3-7-12-11)10(14)13-8-4-5-9-15-13/h12H,2-9H2,1H3. The third-order valence-electron chi connectivity index (χ3n) is 3.32. The summed E-state index contributed by atoms with van der Waals surface area (Å²) in [6, 6.07) is 0. The number of hydroxylamine groups is 2. The molecule has 2 saturated heterocycles. The number of nitrogens with one attached hydrogen (secondary N) is 1. The smallest absolute Gasteiger partial charge is 0.266 e. The van der Waals surface area contributed by atoms with Crippen LogP contribution in [0.4, 0.5) is 0 Å². The van der Waals surface area contributed by atoms with E-state index in [2.05, 4.69) is 5.32 Å². The predicted octanol–water partition coefficient (Wildman–Crippen LogP) is 1.07. The van der Waals surface area contributed by atoms with Gasteiger partial charge in [0.15, 0.2) is 0 Å². The van der Waals surface area contributed by atoms with Gasteiger partial charge in [0.2, 0.25) is 0 Å². The van der Waals surface area contributed by atoms with Crippen LogP contribution < -0.4 is 5.32 Å². The minimum atomic E-state index is -0.393. The summed E-state index contributed by atoms with van der Waals surface area (Å²) < 4.78 is 0. The summed E-state index contributed by atoms with van der Waals surface area (Å²) >= 11 is 0. The summed E-state index contributed by atoms with van der Waals surface area (Å²) in [5, 5.41) is 4.88. The fourth-order valence-electron chi connectivity index (χ4n) is 2.27. The van der Waals surface area contributed by atoms with Crippen LogP contribution in [-0.4, -0.2) is 36.2 Å². The van der Waals surface area contributed by atoms with Crippen molar-refractivity contribution in [2.45, 2.75) is 44.6 Å². The van der Waals surface area contributed by atoms with Crippen molar-refractivity contribution in [2.75, 3.05) is 19.7 Å². The molecular weight excluding hydrogens is 192 g/mol. The minimum absolute atomic E-state index is 0.113. The van der Waals surface area contributed by atoms with E-state index in [1.807, 2.05) is 6.92 Å². The van der Waals surface area contributed by atoms with Crippen LogP contribution in [-0.2, 0) is 9.63 Å². The van der Waals surface area contributed by atoms with E-state index in [9.17, 15) is 4.79 Å². The second-order valence-electron chi connectivity index (χ2n) is 4.66. The van der Waals surface area contributed by atoms with Gasteiger partial charge in [-0.3, -0.25) is 9.63 Å². The fraction of sp³-hybridized carbons (Fsp3) is 0.909. The first-order valence-electron chi connectivity index (χ1n) is 5.92. The van der Waals surface area contributed by atoms with E-state index in [0.29, 0.717) is 6.61 Å². The quantitative estimate of drug-likeness (QED) is 0.707.